The van der Waals surface area contributed by atoms with Crippen LogP contribution in [0, 0.1) is 13.8 Å². The Bertz CT molecular complexity index is 3060. The molecule has 0 aliphatic heterocycles. The molecule has 0 saturated carbocycles. The molecule has 6 N–H and O–H groups in total. The van der Waals surface area contributed by atoms with Gasteiger partial charge in [0.1, 0.15) is 60.5 Å². The van der Waals surface area contributed by atoms with Gasteiger partial charge in [-0.15, -0.1) is 0 Å². The van der Waals surface area contributed by atoms with Crippen LogP contribution < -0.4 is 29.6 Å². The molecule has 0 aliphatic rings. The van der Waals surface area contributed by atoms with Gasteiger partial charge >= 0.3 is 11.9 Å². The predicted molar refractivity (Wildman–Crippen MR) is 281 cm³/mol. The van der Waals surface area contributed by atoms with Crippen molar-refractivity contribution in [2.24, 2.45) is 0 Å². The van der Waals surface area contributed by atoms with Crippen LogP contribution in [0.15, 0.2) is 119 Å². The average Bonchev–Trinajstić information content (AvgIpc) is 3.36. The van der Waals surface area contributed by atoms with Gasteiger partial charge in [-0.1, -0.05) is 83.9 Å². The molecule has 6 aromatic carbocycles. The van der Waals surface area contributed by atoms with Crippen molar-refractivity contribution in [3.8, 4) is 34.1 Å². The molecule has 16 nitrogen and oxygen atoms in total. The summed E-state index contributed by atoms with van der Waals surface area (Å²) >= 11 is 13.6. The summed E-state index contributed by atoms with van der Waals surface area (Å²) in [5.74, 6) is -1.43. The summed E-state index contributed by atoms with van der Waals surface area (Å²) in [4.78, 5) is 24.2. The monoisotopic (exact) mass is 1090 g/mol. The van der Waals surface area contributed by atoms with E-state index in [1.165, 1.54) is 38.1 Å². The second-order valence-corrected chi connectivity index (χ2v) is 23.1. The second kappa shape index (κ2) is 24.0. The van der Waals surface area contributed by atoms with Crippen LogP contribution in [-0.2, 0) is 68.8 Å². The third-order valence-electron chi connectivity index (χ3n) is 12.5. The van der Waals surface area contributed by atoms with Crippen molar-refractivity contribution in [1.29, 1.82) is 0 Å². The number of aliphatic hydroxyl groups is 2. The molecule has 0 bridgehead atoms. The number of aliphatic carboxylic acids is 2. The van der Waals surface area contributed by atoms with E-state index in [1.807, 2.05) is 50.2 Å². The molecule has 74 heavy (non-hydrogen) atoms. The van der Waals surface area contributed by atoms with Gasteiger partial charge in [-0.25, -0.2) is 16.8 Å². The fraction of sp³-hybridized carbons (Fsp3) is 0.296. The summed E-state index contributed by atoms with van der Waals surface area (Å²) in [5, 5.41) is 45.4. The van der Waals surface area contributed by atoms with Crippen LogP contribution in [0.25, 0.3) is 11.1 Å². The maximum absolute atomic E-state index is 12.2. The summed E-state index contributed by atoms with van der Waals surface area (Å²) in [6.07, 6.45) is 2.22. The highest BCUT2D eigenvalue weighted by Crippen LogP contribution is 2.38. The van der Waals surface area contributed by atoms with Gasteiger partial charge in [-0.2, -0.15) is 0 Å². The van der Waals surface area contributed by atoms with Crippen LogP contribution in [0.2, 0.25) is 10.0 Å². The molecule has 0 aromatic heterocycles. The highest BCUT2D eigenvalue weighted by atomic mass is 35.5. The van der Waals surface area contributed by atoms with Gasteiger partial charge in [0.15, 0.2) is 19.7 Å². The van der Waals surface area contributed by atoms with E-state index in [4.69, 9.17) is 42.1 Å². The first-order valence-electron chi connectivity index (χ1n) is 23.0. The number of halogens is 2. The van der Waals surface area contributed by atoms with Crippen molar-refractivity contribution in [2.45, 2.75) is 88.1 Å². The van der Waals surface area contributed by atoms with Gasteiger partial charge in [0.25, 0.3) is 0 Å². The number of carbonyl (C=O) groups is 2. The molecular weight excluding hydrogens is 1040 g/mol. The Morgan fingerprint density at radius 2 is 0.865 bits per heavy atom. The van der Waals surface area contributed by atoms with Crippen LogP contribution in [-0.4, -0.2) is 86.0 Å². The van der Waals surface area contributed by atoms with Crippen LogP contribution >= 0.6 is 23.2 Å². The van der Waals surface area contributed by atoms with Gasteiger partial charge in [0.2, 0.25) is 0 Å². The molecule has 20 heteroatoms. The molecular formula is C54H58Cl2N2O14S2. The molecule has 2 atom stereocenters. The summed E-state index contributed by atoms with van der Waals surface area (Å²) in [6.45, 7) is 5.21. The number of carboxylic acid groups (broad SMARTS) is 2. The highest BCUT2D eigenvalue weighted by molar-refractivity contribution is 7.91. The molecule has 6 rings (SSSR count). The minimum absolute atomic E-state index is 0.0432. The van der Waals surface area contributed by atoms with Gasteiger partial charge in [0, 0.05) is 48.9 Å². The maximum Gasteiger partial charge on any atom is 0.326 e. The fourth-order valence-corrected chi connectivity index (χ4v) is 9.39. The number of rotatable bonds is 25. The van der Waals surface area contributed by atoms with Gasteiger partial charge in [-0.05, 0) is 109 Å². The lowest BCUT2D eigenvalue weighted by atomic mass is 9.92. The summed E-state index contributed by atoms with van der Waals surface area (Å²) in [5.41, 5.74) is 4.05. The zero-order chi connectivity index (χ0) is 54.2. The maximum atomic E-state index is 12.2. The normalized spacial score (nSPS) is 13.4. The fourth-order valence-electron chi connectivity index (χ4n) is 7.53. The number of hydrogen-bond donors (Lipinski definition) is 6. The number of carboxylic acids is 2. The van der Waals surface area contributed by atoms with Crippen molar-refractivity contribution in [3.05, 3.63) is 164 Å². The molecule has 0 amide bonds. The van der Waals surface area contributed by atoms with E-state index in [1.54, 1.807) is 48.5 Å². The molecule has 0 radical (unpaired) electrons. The Balaban J connectivity index is 1.23. The Morgan fingerprint density at radius 3 is 1.20 bits per heavy atom. The van der Waals surface area contributed by atoms with Crippen LogP contribution in [0.1, 0.15) is 58.4 Å². The molecule has 0 aliphatic carbocycles. The van der Waals surface area contributed by atoms with E-state index in [9.17, 15) is 46.9 Å². The first kappa shape index (κ1) is 57.1. The number of nitrogens with one attached hydrogen (secondary N) is 2. The quantitative estimate of drug-likeness (QED) is 0.0316. The lowest BCUT2D eigenvalue weighted by Crippen LogP contribution is -2.52. The third-order valence-corrected chi connectivity index (χ3v) is 15.3. The number of aliphatic hydroxyl groups excluding tert-OH is 2. The van der Waals surface area contributed by atoms with E-state index in [0.29, 0.717) is 22.3 Å². The van der Waals surface area contributed by atoms with Crippen LogP contribution in [0.3, 0.4) is 0 Å². The summed E-state index contributed by atoms with van der Waals surface area (Å²) in [6, 6.07) is 30.6. The Kier molecular flexibility index (Phi) is 18.5. The van der Waals surface area contributed by atoms with Gasteiger partial charge in [0.05, 0.1) is 33.0 Å². The molecule has 1 unspecified atom stereocenters. The average molecular weight is 1090 g/mol. The third kappa shape index (κ3) is 14.1. The van der Waals surface area contributed by atoms with Crippen molar-refractivity contribution < 1.29 is 65.8 Å². The smallest absolute Gasteiger partial charge is 0.326 e. The minimum atomic E-state index is -3.49. The van der Waals surface area contributed by atoms with Crippen molar-refractivity contribution in [3.63, 3.8) is 0 Å². The Morgan fingerprint density at radius 1 is 0.514 bits per heavy atom. The molecule has 0 spiro atoms. The van der Waals surface area contributed by atoms with E-state index in [0.717, 1.165) is 45.9 Å². The van der Waals surface area contributed by atoms with Crippen LogP contribution in [0.5, 0.6) is 23.0 Å². The van der Waals surface area contributed by atoms with E-state index >= 15 is 0 Å². The number of sulfone groups is 2. The topological polar surface area (TPSA) is 244 Å². The lowest BCUT2D eigenvalue weighted by molar-refractivity contribution is -0.146. The largest absolute Gasteiger partial charge is 0.488 e. The molecule has 394 valence electrons. The predicted octanol–water partition coefficient (Wildman–Crippen LogP) is 8.25. The molecule has 0 fully saturated rings. The zero-order valence-electron chi connectivity index (χ0n) is 41.5. The standard InChI is InChI=1S/C54H58Cl2N2O14S2/c1-33-37(29-71-49-23-47(69-27-35-11-7-15-41(19-35)73(5,65)66)39(21-45(49)55)25-57-53(3,31-59)51(61)62)13-9-17-43(33)44-18-10-14-38(34(44)2)30-72-50-24-48(70-28-36-12-8-16-42(20-36)74(6,67)68)40(22-46(50)56)26-58-54(4,32-60)52(63)64/h7-24,57-60H,25-32H2,1-6H3,(H,61,62)(H,63,64)/t53-,54?/m0/s1. The van der Waals surface area contributed by atoms with Gasteiger partial charge < -0.3 is 39.4 Å². The molecule has 0 heterocycles. The number of hydrogen-bond acceptors (Lipinski definition) is 14. The first-order chi connectivity index (χ1) is 34.8. The first-order valence-corrected chi connectivity index (χ1v) is 27.5. The van der Waals surface area contributed by atoms with Crippen LogP contribution in [0.4, 0.5) is 0 Å². The van der Waals surface area contributed by atoms with Crippen molar-refractivity contribution in [1.82, 2.24) is 10.6 Å². The SMILES string of the molecule is Cc1c(COc2cc(OCc3cccc(S(C)(=O)=O)c3)c(CNC(C)(CO)C(=O)O)cc2Cl)cccc1-c1cccc(COc2cc(OCc3cccc(S(C)(=O)=O)c3)c(CN[C@@](C)(CO)C(=O)O)cc2Cl)c1C. The molecule has 6 aromatic rings. The van der Waals surface area contributed by atoms with Gasteiger partial charge in [-0.3, -0.25) is 20.2 Å². The van der Waals surface area contributed by atoms with Crippen molar-refractivity contribution in [2.75, 3.05) is 25.7 Å². The Labute approximate surface area is 440 Å². The van der Waals surface area contributed by atoms with E-state index in [-0.39, 0.29) is 82.4 Å². The summed E-state index contributed by atoms with van der Waals surface area (Å²) in [7, 11) is -6.98. The second-order valence-electron chi connectivity index (χ2n) is 18.3. The Hall–Kier alpha value is -6.22. The van der Waals surface area contributed by atoms with E-state index < -0.39 is 55.9 Å². The van der Waals surface area contributed by atoms with Crippen molar-refractivity contribution >= 4 is 54.8 Å². The summed E-state index contributed by atoms with van der Waals surface area (Å²) < 4.78 is 74.1. The van der Waals surface area contributed by atoms with E-state index in [2.05, 4.69) is 10.6 Å². The lowest BCUT2D eigenvalue weighted by Gasteiger charge is -2.25. The molecule has 0 saturated heterocycles. The zero-order valence-corrected chi connectivity index (χ0v) is 44.6. The highest BCUT2D eigenvalue weighted by Gasteiger charge is 2.33. The number of ether oxygens (including phenoxy) is 4. The number of benzene rings is 6. The minimum Gasteiger partial charge on any atom is -0.488 e.